The monoisotopic (exact) mass is 260 g/mol. The number of hydrogen-bond donors (Lipinski definition) is 1. The van der Waals surface area contributed by atoms with Gasteiger partial charge in [-0.2, -0.15) is 0 Å². The lowest BCUT2D eigenvalue weighted by molar-refractivity contribution is 0.119. The lowest BCUT2D eigenvalue weighted by atomic mass is 9.92. The Morgan fingerprint density at radius 3 is 2.37 bits per heavy atom. The zero-order chi connectivity index (χ0) is 13.7. The molecule has 0 bridgehead atoms. The number of anilines is 1. The van der Waals surface area contributed by atoms with Crippen LogP contribution in [0.25, 0.3) is 0 Å². The van der Waals surface area contributed by atoms with Crippen LogP contribution in [0.3, 0.4) is 0 Å². The van der Waals surface area contributed by atoms with Crippen molar-refractivity contribution in [1.29, 1.82) is 0 Å². The highest BCUT2D eigenvalue weighted by Crippen LogP contribution is 2.25. The van der Waals surface area contributed by atoms with Crippen LogP contribution in [0.15, 0.2) is 24.3 Å². The molecule has 1 saturated carbocycles. The van der Waals surface area contributed by atoms with Crippen molar-refractivity contribution in [3.8, 4) is 0 Å². The Balaban J connectivity index is 1.95. The molecule has 2 nitrogen and oxygen atoms in total. The molecule has 1 aromatic carbocycles. The molecule has 2 rings (SSSR count). The molecule has 2 N–H and O–H groups in total. The van der Waals surface area contributed by atoms with Gasteiger partial charge in [0.2, 0.25) is 0 Å². The molecule has 1 fully saturated rings. The molecule has 0 radical (unpaired) electrons. The van der Waals surface area contributed by atoms with Crippen molar-refractivity contribution < 1.29 is 0 Å². The number of benzene rings is 1. The van der Waals surface area contributed by atoms with Crippen molar-refractivity contribution in [1.82, 2.24) is 4.90 Å². The summed E-state index contributed by atoms with van der Waals surface area (Å²) in [4.78, 5) is 2.70. The smallest absolute Gasteiger partial charge is 0.0314 e. The summed E-state index contributed by atoms with van der Waals surface area (Å²) >= 11 is 0. The zero-order valence-corrected chi connectivity index (χ0v) is 12.4. The summed E-state index contributed by atoms with van der Waals surface area (Å²) in [7, 11) is 0. The number of hydrogen-bond acceptors (Lipinski definition) is 2. The van der Waals surface area contributed by atoms with Crippen molar-refractivity contribution in [2.75, 3.05) is 12.3 Å². The van der Waals surface area contributed by atoms with E-state index in [1.807, 2.05) is 12.1 Å². The molecule has 0 aromatic heterocycles. The molecule has 0 spiro atoms. The number of nitrogens with zero attached hydrogens (tertiary/aromatic N) is 1. The van der Waals surface area contributed by atoms with Gasteiger partial charge in [-0.3, -0.25) is 4.90 Å². The van der Waals surface area contributed by atoms with Crippen LogP contribution < -0.4 is 5.73 Å². The molecule has 2 heteroatoms. The van der Waals surface area contributed by atoms with E-state index >= 15 is 0 Å². The number of likely N-dealkylation sites (N-methyl/N-ethyl adjacent to an activating group) is 1. The van der Waals surface area contributed by atoms with Gasteiger partial charge in [-0.25, -0.2) is 0 Å². The highest BCUT2D eigenvalue weighted by atomic mass is 15.2. The Kier molecular flexibility index (Phi) is 5.26. The molecule has 1 unspecified atom stereocenters. The van der Waals surface area contributed by atoms with E-state index < -0.39 is 0 Å². The van der Waals surface area contributed by atoms with Gasteiger partial charge in [-0.15, -0.1) is 0 Å². The van der Waals surface area contributed by atoms with Gasteiger partial charge in [0.25, 0.3) is 0 Å². The fraction of sp³-hybridized carbons (Fsp3) is 0.647. The normalized spacial score (nSPS) is 18.7. The first-order chi connectivity index (χ1) is 9.20. The van der Waals surface area contributed by atoms with Crippen LogP contribution in [0.4, 0.5) is 5.69 Å². The molecule has 106 valence electrons. The van der Waals surface area contributed by atoms with Crippen molar-refractivity contribution in [2.24, 2.45) is 0 Å². The number of rotatable bonds is 5. The fourth-order valence-corrected chi connectivity index (χ4v) is 3.45. The van der Waals surface area contributed by atoms with E-state index in [0.29, 0.717) is 6.04 Å². The Morgan fingerprint density at radius 1 is 1.16 bits per heavy atom. The Morgan fingerprint density at radius 2 is 1.79 bits per heavy atom. The van der Waals surface area contributed by atoms with Crippen LogP contribution >= 0.6 is 0 Å². The molecule has 1 aromatic rings. The SMILES string of the molecule is CCN(C(C)Cc1ccc(N)cc1)C1CCCCC1. The summed E-state index contributed by atoms with van der Waals surface area (Å²) in [6.07, 6.45) is 8.16. The summed E-state index contributed by atoms with van der Waals surface area (Å²) in [5.74, 6) is 0. The third kappa shape index (κ3) is 3.97. The largest absolute Gasteiger partial charge is 0.399 e. The van der Waals surface area contributed by atoms with Crippen LogP contribution in [0.2, 0.25) is 0 Å². The van der Waals surface area contributed by atoms with Gasteiger partial charge in [-0.1, -0.05) is 38.3 Å². The van der Waals surface area contributed by atoms with E-state index in [0.717, 1.165) is 18.2 Å². The van der Waals surface area contributed by atoms with E-state index in [-0.39, 0.29) is 0 Å². The van der Waals surface area contributed by atoms with E-state index in [4.69, 9.17) is 5.73 Å². The standard InChI is InChI=1S/C17H28N2/c1-3-19(17-7-5-4-6-8-17)14(2)13-15-9-11-16(18)12-10-15/h9-12,14,17H,3-8,13,18H2,1-2H3. The molecule has 1 aliphatic rings. The second-order valence-corrected chi connectivity index (χ2v) is 5.92. The second-order valence-electron chi connectivity index (χ2n) is 5.92. The topological polar surface area (TPSA) is 29.3 Å². The molecular weight excluding hydrogens is 232 g/mol. The maximum Gasteiger partial charge on any atom is 0.0314 e. The van der Waals surface area contributed by atoms with Crippen LogP contribution in [-0.2, 0) is 6.42 Å². The first-order valence-corrected chi connectivity index (χ1v) is 7.81. The Bertz CT molecular complexity index is 365. The third-order valence-corrected chi connectivity index (χ3v) is 4.49. The molecule has 0 aliphatic heterocycles. The van der Waals surface area contributed by atoms with Crippen LogP contribution in [0.1, 0.15) is 51.5 Å². The molecule has 0 heterocycles. The third-order valence-electron chi connectivity index (χ3n) is 4.49. The van der Waals surface area contributed by atoms with Crippen molar-refractivity contribution in [3.63, 3.8) is 0 Å². The van der Waals surface area contributed by atoms with E-state index in [2.05, 4.69) is 30.9 Å². The lowest BCUT2D eigenvalue weighted by Crippen LogP contribution is -2.43. The summed E-state index contributed by atoms with van der Waals surface area (Å²) in [6.45, 7) is 5.84. The first kappa shape index (κ1) is 14.4. The number of nitrogens with two attached hydrogens (primary N) is 1. The van der Waals surface area contributed by atoms with E-state index in [9.17, 15) is 0 Å². The highest BCUT2D eigenvalue weighted by Gasteiger charge is 2.23. The summed E-state index contributed by atoms with van der Waals surface area (Å²) in [5.41, 5.74) is 8.01. The predicted octanol–water partition coefficient (Wildman–Crippen LogP) is 3.85. The Labute approximate surface area is 118 Å². The van der Waals surface area contributed by atoms with Crippen LogP contribution in [0, 0.1) is 0 Å². The van der Waals surface area contributed by atoms with Gasteiger partial charge in [-0.05, 0) is 50.4 Å². The molecule has 0 amide bonds. The minimum absolute atomic E-state index is 0.622. The average Bonchev–Trinajstić information content (AvgIpc) is 2.43. The fourth-order valence-electron chi connectivity index (χ4n) is 3.45. The molecular formula is C17H28N2. The van der Waals surface area contributed by atoms with Gasteiger partial charge in [0.1, 0.15) is 0 Å². The predicted molar refractivity (Wildman–Crippen MR) is 83.3 cm³/mol. The lowest BCUT2D eigenvalue weighted by Gasteiger charge is -2.38. The van der Waals surface area contributed by atoms with Gasteiger partial charge in [0.15, 0.2) is 0 Å². The Hall–Kier alpha value is -1.02. The summed E-state index contributed by atoms with van der Waals surface area (Å²) in [6, 6.07) is 9.79. The van der Waals surface area contributed by atoms with Gasteiger partial charge in [0.05, 0.1) is 0 Å². The van der Waals surface area contributed by atoms with E-state index in [1.165, 1.54) is 44.2 Å². The van der Waals surface area contributed by atoms with Crippen molar-refractivity contribution >= 4 is 5.69 Å². The van der Waals surface area contributed by atoms with Crippen molar-refractivity contribution in [2.45, 2.75) is 64.5 Å². The minimum Gasteiger partial charge on any atom is -0.399 e. The second kappa shape index (κ2) is 6.95. The van der Waals surface area contributed by atoms with Gasteiger partial charge >= 0.3 is 0 Å². The minimum atomic E-state index is 0.622. The van der Waals surface area contributed by atoms with Crippen molar-refractivity contribution in [3.05, 3.63) is 29.8 Å². The molecule has 0 saturated heterocycles. The van der Waals surface area contributed by atoms with E-state index in [1.54, 1.807) is 0 Å². The van der Waals surface area contributed by atoms with Crippen LogP contribution in [0.5, 0.6) is 0 Å². The molecule has 1 aliphatic carbocycles. The zero-order valence-electron chi connectivity index (χ0n) is 12.4. The quantitative estimate of drug-likeness (QED) is 0.815. The summed E-state index contributed by atoms with van der Waals surface area (Å²) < 4.78 is 0. The van der Waals surface area contributed by atoms with Crippen LogP contribution in [-0.4, -0.2) is 23.5 Å². The highest BCUT2D eigenvalue weighted by molar-refractivity contribution is 5.39. The van der Waals surface area contributed by atoms with Gasteiger partial charge < -0.3 is 5.73 Å². The maximum atomic E-state index is 5.75. The van der Waals surface area contributed by atoms with Gasteiger partial charge in [0, 0.05) is 17.8 Å². The average molecular weight is 260 g/mol. The summed E-state index contributed by atoms with van der Waals surface area (Å²) in [5, 5.41) is 0. The molecule has 19 heavy (non-hydrogen) atoms. The number of nitrogen functional groups attached to an aromatic ring is 1. The first-order valence-electron chi connectivity index (χ1n) is 7.81. The maximum absolute atomic E-state index is 5.75. The molecule has 1 atom stereocenters.